The largest absolute Gasteiger partial charge is 0.454 e. The second-order valence-corrected chi connectivity index (χ2v) is 14.5. The van der Waals surface area contributed by atoms with Gasteiger partial charge in [-0.3, -0.25) is 14.4 Å². The van der Waals surface area contributed by atoms with Crippen molar-refractivity contribution in [3.63, 3.8) is 0 Å². The fraction of sp³-hybridized carbons (Fsp3) is 0.611. The van der Waals surface area contributed by atoms with Gasteiger partial charge in [-0.15, -0.1) is 0 Å². The highest BCUT2D eigenvalue weighted by Crippen LogP contribution is 2.71. The number of aliphatic hydroxyl groups excluding tert-OH is 1. The number of halogens is 3. The molecule has 7 nitrogen and oxygen atoms in total. The van der Waals surface area contributed by atoms with E-state index in [0.717, 1.165) is 37.5 Å². The van der Waals surface area contributed by atoms with Crippen LogP contribution in [0.5, 0.6) is 0 Å². The minimum Gasteiger partial charge on any atom is -0.454 e. The minimum absolute atomic E-state index is 0.0128. The van der Waals surface area contributed by atoms with Crippen LogP contribution in [-0.4, -0.2) is 58.8 Å². The van der Waals surface area contributed by atoms with Crippen molar-refractivity contribution in [3.8, 4) is 0 Å². The molecule has 10 heteroatoms. The highest BCUT2D eigenvalue weighted by atomic mass is 19.1. The van der Waals surface area contributed by atoms with Gasteiger partial charge in [0.25, 0.3) is 0 Å². The number of Topliss-reactive ketones (excluding diaryl/α,β-unsaturated/α-hetero) is 1. The zero-order chi connectivity index (χ0) is 33.2. The molecule has 0 saturated heterocycles. The van der Waals surface area contributed by atoms with Gasteiger partial charge in [-0.25, -0.2) is 18.0 Å². The molecule has 6 rings (SSSR count). The molecule has 46 heavy (non-hydrogen) atoms. The number of esters is 2. The van der Waals surface area contributed by atoms with Gasteiger partial charge >= 0.3 is 11.9 Å². The van der Waals surface area contributed by atoms with E-state index in [2.05, 4.69) is 0 Å². The molecular weight excluding hydrogens is 601 g/mol. The third kappa shape index (κ3) is 4.64. The molecule has 0 radical (unpaired) electrons. The van der Waals surface area contributed by atoms with E-state index in [-0.39, 0.29) is 30.4 Å². The molecule has 0 aliphatic heterocycles. The standard InChI is InChI=1S/C36H41F3O7/c1-20-15-25-26-17-28(38)27-16-24(40)13-14-33(27,2)35(26,39)30(42)18-34(25,3)36(20,46-31(43)22-7-5-4-6-8-22)32(44)45-19-29(41)21-9-11-23(37)12-10-21/h9-14,16,20,22,25-26,28,30,42H,4-8,15,17-19H2,1-3H3/t20-,25+,26+,28+,30+,33+,34+,35+,36+/m1/s1. The number of aliphatic hydroxyl groups is 1. The second kappa shape index (κ2) is 11.5. The van der Waals surface area contributed by atoms with Gasteiger partial charge in [0.15, 0.2) is 23.8 Å². The lowest BCUT2D eigenvalue weighted by atomic mass is 9.44. The Kier molecular flexibility index (Phi) is 8.14. The van der Waals surface area contributed by atoms with E-state index >= 15 is 8.78 Å². The summed E-state index contributed by atoms with van der Waals surface area (Å²) < 4.78 is 59.0. The Bertz CT molecular complexity index is 1500. The highest BCUT2D eigenvalue weighted by molar-refractivity contribution is 6.01. The Labute approximate surface area is 266 Å². The Hall–Kier alpha value is -3.27. The maximum Gasteiger partial charge on any atom is 0.351 e. The molecule has 0 unspecified atom stereocenters. The third-order valence-electron chi connectivity index (χ3n) is 12.2. The van der Waals surface area contributed by atoms with Crippen LogP contribution in [0.1, 0.15) is 82.5 Å². The van der Waals surface area contributed by atoms with Gasteiger partial charge in [0.2, 0.25) is 5.60 Å². The number of carbonyl (C=O) groups is 4. The fourth-order valence-corrected chi connectivity index (χ4v) is 9.76. The van der Waals surface area contributed by atoms with E-state index in [1.807, 2.05) is 0 Å². The predicted octanol–water partition coefficient (Wildman–Crippen LogP) is 5.98. The molecular formula is C36H41F3O7. The maximum absolute atomic E-state index is 17.7. The van der Waals surface area contributed by atoms with Gasteiger partial charge < -0.3 is 14.6 Å². The molecule has 4 saturated carbocycles. The summed E-state index contributed by atoms with van der Waals surface area (Å²) in [5.41, 5.74) is -7.28. The first kappa shape index (κ1) is 32.7. The Morgan fingerprint density at radius 1 is 1.02 bits per heavy atom. The summed E-state index contributed by atoms with van der Waals surface area (Å²) in [4.78, 5) is 53.3. The minimum atomic E-state index is -2.38. The van der Waals surface area contributed by atoms with Gasteiger partial charge in [-0.2, -0.15) is 0 Å². The molecule has 0 spiro atoms. The number of rotatable bonds is 6. The van der Waals surface area contributed by atoms with Crippen LogP contribution >= 0.6 is 0 Å². The molecule has 1 N–H and O–H groups in total. The quantitative estimate of drug-likeness (QED) is 0.301. The molecule has 0 heterocycles. The number of hydrogen-bond acceptors (Lipinski definition) is 7. The molecule has 4 fully saturated rings. The molecule has 5 aliphatic carbocycles. The molecule has 1 aromatic carbocycles. The molecule has 9 atom stereocenters. The van der Waals surface area contributed by atoms with Crippen molar-refractivity contribution in [2.45, 2.75) is 95.7 Å². The number of ketones is 2. The van der Waals surface area contributed by atoms with Crippen molar-refractivity contribution in [2.24, 2.45) is 34.5 Å². The first-order valence-electron chi connectivity index (χ1n) is 16.3. The van der Waals surface area contributed by atoms with Crippen LogP contribution in [0.2, 0.25) is 0 Å². The van der Waals surface area contributed by atoms with Gasteiger partial charge in [-0.05, 0) is 86.9 Å². The van der Waals surface area contributed by atoms with Gasteiger partial charge in [0, 0.05) is 28.2 Å². The Morgan fingerprint density at radius 3 is 2.37 bits per heavy atom. The van der Waals surface area contributed by atoms with Crippen LogP contribution in [0, 0.1) is 40.3 Å². The summed E-state index contributed by atoms with van der Waals surface area (Å²) in [7, 11) is 0. The van der Waals surface area contributed by atoms with Crippen molar-refractivity contribution >= 4 is 23.5 Å². The van der Waals surface area contributed by atoms with E-state index in [4.69, 9.17) is 9.47 Å². The molecule has 0 bridgehead atoms. The van der Waals surface area contributed by atoms with Crippen LogP contribution in [-0.2, 0) is 23.9 Å². The lowest BCUT2D eigenvalue weighted by Gasteiger charge is -2.63. The Balaban J connectivity index is 1.39. The van der Waals surface area contributed by atoms with Gasteiger partial charge in [0.1, 0.15) is 12.0 Å². The van der Waals surface area contributed by atoms with Crippen molar-refractivity contribution < 1.29 is 46.9 Å². The summed E-state index contributed by atoms with van der Waals surface area (Å²) in [6, 6.07) is 4.76. The predicted molar refractivity (Wildman–Crippen MR) is 160 cm³/mol. The van der Waals surface area contributed by atoms with Crippen LogP contribution < -0.4 is 0 Å². The van der Waals surface area contributed by atoms with E-state index in [1.54, 1.807) is 13.8 Å². The smallest absolute Gasteiger partial charge is 0.351 e. The number of hydrogen-bond donors (Lipinski definition) is 1. The Morgan fingerprint density at radius 2 is 1.70 bits per heavy atom. The maximum atomic E-state index is 17.7. The molecule has 1 aromatic rings. The molecule has 0 aromatic heterocycles. The third-order valence-corrected chi connectivity index (χ3v) is 12.2. The number of ether oxygens (including phenoxy) is 2. The number of fused-ring (bicyclic) bond motifs is 5. The zero-order valence-corrected chi connectivity index (χ0v) is 26.4. The SMILES string of the molecule is C[C@@H]1C[C@H]2[C@@H]3C[C@H](F)C4=CC(=O)C=C[C@]4(C)[C@@]3(F)[C@@H](O)C[C@]2(C)[C@@]1(OC(=O)C1CCCCC1)C(=O)OCC(=O)c1ccc(F)cc1. The summed E-state index contributed by atoms with van der Waals surface area (Å²) in [6.07, 6.45) is 3.61. The van der Waals surface area contributed by atoms with Crippen LogP contribution in [0.15, 0.2) is 48.1 Å². The first-order chi connectivity index (χ1) is 21.7. The zero-order valence-electron chi connectivity index (χ0n) is 26.4. The average molecular weight is 643 g/mol. The number of allylic oxidation sites excluding steroid dienone is 4. The van der Waals surface area contributed by atoms with Crippen molar-refractivity contribution in [1.29, 1.82) is 0 Å². The molecule has 0 amide bonds. The fourth-order valence-electron chi connectivity index (χ4n) is 9.76. The number of alkyl halides is 2. The lowest BCUT2D eigenvalue weighted by molar-refractivity contribution is -0.240. The van der Waals surface area contributed by atoms with Crippen LogP contribution in [0.25, 0.3) is 0 Å². The summed E-state index contributed by atoms with van der Waals surface area (Å²) in [5, 5.41) is 11.8. The van der Waals surface area contributed by atoms with Crippen molar-refractivity contribution in [1.82, 2.24) is 0 Å². The van der Waals surface area contributed by atoms with Crippen LogP contribution in [0.4, 0.5) is 13.2 Å². The average Bonchev–Trinajstić information content (AvgIpc) is 3.25. The second-order valence-electron chi connectivity index (χ2n) is 14.5. The summed E-state index contributed by atoms with van der Waals surface area (Å²) in [5.74, 6) is -6.15. The van der Waals surface area contributed by atoms with E-state index in [1.165, 1.54) is 31.2 Å². The monoisotopic (exact) mass is 642 g/mol. The van der Waals surface area contributed by atoms with Gasteiger partial charge in [0.05, 0.1) is 12.0 Å². The van der Waals surface area contributed by atoms with Crippen molar-refractivity contribution in [2.75, 3.05) is 6.61 Å². The lowest BCUT2D eigenvalue weighted by Crippen LogP contribution is -2.71. The van der Waals surface area contributed by atoms with E-state index in [9.17, 15) is 28.7 Å². The van der Waals surface area contributed by atoms with Crippen molar-refractivity contribution in [3.05, 3.63) is 59.4 Å². The van der Waals surface area contributed by atoms with Gasteiger partial charge in [-0.1, -0.05) is 39.2 Å². The first-order valence-corrected chi connectivity index (χ1v) is 16.3. The summed E-state index contributed by atoms with van der Waals surface area (Å²) >= 11 is 0. The topological polar surface area (TPSA) is 107 Å². The molecule has 5 aliphatic rings. The number of benzene rings is 1. The highest BCUT2D eigenvalue weighted by Gasteiger charge is 2.79. The normalized spacial score (nSPS) is 40.3. The number of carbonyl (C=O) groups excluding carboxylic acids is 4. The van der Waals surface area contributed by atoms with E-state index in [0.29, 0.717) is 12.8 Å². The summed E-state index contributed by atoms with van der Waals surface area (Å²) in [6.45, 7) is 4.16. The molecule has 248 valence electrons. The van der Waals surface area contributed by atoms with E-state index < -0.39 is 94.0 Å². The van der Waals surface area contributed by atoms with Crippen LogP contribution in [0.3, 0.4) is 0 Å².